The van der Waals surface area contributed by atoms with Gasteiger partial charge in [-0.2, -0.15) is 5.10 Å². The number of rotatable bonds is 4. The third kappa shape index (κ3) is 3.46. The van der Waals surface area contributed by atoms with Crippen LogP contribution in [0, 0.1) is 6.92 Å². The standard InChI is InChI=1S/C26H26N4O/c1-3-25-23(17-28-30(25)20-7-5-4-6-8-20)26(31)29-13-11-19(12-14-29)22-16-27-24-15-18(2)9-10-21(22)24/h4-11,15-17,27H,3,12-14H2,1-2H3. The van der Waals surface area contributed by atoms with E-state index in [-0.39, 0.29) is 5.91 Å². The van der Waals surface area contributed by atoms with Crippen molar-refractivity contribution < 1.29 is 4.79 Å². The lowest BCUT2D eigenvalue weighted by atomic mass is 9.98. The number of carbonyl (C=O) groups is 1. The molecular weight excluding hydrogens is 384 g/mol. The second-order valence-electron chi connectivity index (χ2n) is 8.09. The topological polar surface area (TPSA) is 53.9 Å². The molecule has 0 saturated heterocycles. The second kappa shape index (κ2) is 7.91. The maximum Gasteiger partial charge on any atom is 0.257 e. The first-order chi connectivity index (χ1) is 15.2. The number of para-hydroxylation sites is 1. The van der Waals surface area contributed by atoms with Crippen LogP contribution >= 0.6 is 0 Å². The molecule has 5 heteroatoms. The minimum Gasteiger partial charge on any atom is -0.361 e. The van der Waals surface area contributed by atoms with Gasteiger partial charge in [0.05, 0.1) is 23.1 Å². The van der Waals surface area contributed by atoms with Gasteiger partial charge in [0.15, 0.2) is 0 Å². The van der Waals surface area contributed by atoms with Gasteiger partial charge < -0.3 is 9.88 Å². The number of H-pyrrole nitrogens is 1. The summed E-state index contributed by atoms with van der Waals surface area (Å²) in [6.45, 7) is 5.50. The highest BCUT2D eigenvalue weighted by Crippen LogP contribution is 2.30. The molecule has 1 N–H and O–H groups in total. The van der Waals surface area contributed by atoms with Crippen LogP contribution in [0.25, 0.3) is 22.2 Å². The van der Waals surface area contributed by atoms with Crippen LogP contribution in [0.5, 0.6) is 0 Å². The van der Waals surface area contributed by atoms with Crippen LogP contribution in [0.15, 0.2) is 67.0 Å². The minimum atomic E-state index is 0.0592. The zero-order valence-electron chi connectivity index (χ0n) is 17.9. The van der Waals surface area contributed by atoms with Gasteiger partial charge in [-0.1, -0.05) is 43.3 Å². The van der Waals surface area contributed by atoms with Crippen LogP contribution in [0.1, 0.15) is 40.5 Å². The van der Waals surface area contributed by atoms with Gasteiger partial charge in [-0.3, -0.25) is 4.79 Å². The molecule has 2 aromatic heterocycles. The quantitative estimate of drug-likeness (QED) is 0.506. The normalized spacial score (nSPS) is 14.1. The number of amides is 1. The number of benzene rings is 2. The Morgan fingerprint density at radius 1 is 1.16 bits per heavy atom. The Morgan fingerprint density at radius 3 is 2.74 bits per heavy atom. The molecule has 0 bridgehead atoms. The van der Waals surface area contributed by atoms with Gasteiger partial charge in [0, 0.05) is 35.8 Å². The van der Waals surface area contributed by atoms with Gasteiger partial charge in [0.1, 0.15) is 0 Å². The number of aryl methyl sites for hydroxylation is 1. The van der Waals surface area contributed by atoms with Crippen molar-refractivity contribution in [2.45, 2.75) is 26.7 Å². The molecule has 0 saturated carbocycles. The zero-order chi connectivity index (χ0) is 21.4. The van der Waals surface area contributed by atoms with E-state index in [2.05, 4.69) is 54.4 Å². The molecule has 0 radical (unpaired) electrons. The van der Waals surface area contributed by atoms with Crippen LogP contribution in [0.2, 0.25) is 0 Å². The molecule has 4 aromatic rings. The molecule has 0 spiro atoms. The Labute approximate surface area is 182 Å². The highest BCUT2D eigenvalue weighted by Gasteiger charge is 2.24. The van der Waals surface area contributed by atoms with Crippen molar-refractivity contribution in [2.24, 2.45) is 0 Å². The number of hydrogen-bond donors (Lipinski definition) is 1. The molecule has 1 aliphatic heterocycles. The summed E-state index contributed by atoms with van der Waals surface area (Å²) in [6, 6.07) is 16.5. The van der Waals surface area contributed by atoms with E-state index < -0.39 is 0 Å². The largest absolute Gasteiger partial charge is 0.361 e. The molecule has 1 aliphatic rings. The monoisotopic (exact) mass is 410 g/mol. The number of aromatic nitrogens is 3. The van der Waals surface area contributed by atoms with Gasteiger partial charge in [-0.05, 0) is 49.1 Å². The highest BCUT2D eigenvalue weighted by molar-refractivity contribution is 5.97. The summed E-state index contributed by atoms with van der Waals surface area (Å²) in [5.74, 6) is 0.0592. The van der Waals surface area contributed by atoms with E-state index in [9.17, 15) is 4.79 Å². The van der Waals surface area contributed by atoms with Crippen molar-refractivity contribution in [1.82, 2.24) is 19.7 Å². The van der Waals surface area contributed by atoms with Gasteiger partial charge in [0.2, 0.25) is 0 Å². The Morgan fingerprint density at radius 2 is 2.00 bits per heavy atom. The summed E-state index contributed by atoms with van der Waals surface area (Å²) in [6.07, 6.45) is 7.60. The van der Waals surface area contributed by atoms with Crippen LogP contribution in [0.3, 0.4) is 0 Å². The Bertz CT molecular complexity index is 1280. The molecule has 0 atom stereocenters. The van der Waals surface area contributed by atoms with Crippen molar-refractivity contribution in [3.63, 3.8) is 0 Å². The molecule has 0 fully saturated rings. The molecule has 5 rings (SSSR count). The summed E-state index contributed by atoms with van der Waals surface area (Å²) in [5.41, 5.74) is 7.59. The number of nitrogens with one attached hydrogen (secondary N) is 1. The van der Waals surface area contributed by atoms with E-state index in [4.69, 9.17) is 0 Å². The predicted molar refractivity (Wildman–Crippen MR) is 124 cm³/mol. The lowest BCUT2D eigenvalue weighted by molar-refractivity contribution is 0.0772. The SMILES string of the molecule is CCc1c(C(=O)N2CC=C(c3c[nH]c4cc(C)ccc34)CC2)cnn1-c1ccccc1. The van der Waals surface area contributed by atoms with E-state index in [1.54, 1.807) is 6.20 Å². The molecule has 31 heavy (non-hydrogen) atoms. The fourth-order valence-electron chi connectivity index (χ4n) is 4.46. The molecule has 0 aliphatic carbocycles. The van der Waals surface area contributed by atoms with Crippen LogP contribution in [-0.4, -0.2) is 38.7 Å². The van der Waals surface area contributed by atoms with Crippen LogP contribution in [-0.2, 0) is 6.42 Å². The van der Waals surface area contributed by atoms with E-state index >= 15 is 0 Å². The Hall–Kier alpha value is -3.60. The Kier molecular flexibility index (Phi) is 4.94. The lowest BCUT2D eigenvalue weighted by Crippen LogP contribution is -2.35. The number of hydrogen-bond acceptors (Lipinski definition) is 2. The van der Waals surface area contributed by atoms with Crippen LogP contribution < -0.4 is 0 Å². The van der Waals surface area contributed by atoms with Gasteiger partial charge in [0.25, 0.3) is 5.91 Å². The smallest absolute Gasteiger partial charge is 0.257 e. The third-order valence-electron chi connectivity index (χ3n) is 6.11. The Balaban J connectivity index is 1.39. The fraction of sp³-hybridized carbons (Fsp3) is 0.231. The average molecular weight is 411 g/mol. The lowest BCUT2D eigenvalue weighted by Gasteiger charge is -2.26. The number of fused-ring (bicyclic) bond motifs is 1. The van der Waals surface area contributed by atoms with Gasteiger partial charge >= 0.3 is 0 Å². The fourth-order valence-corrected chi connectivity index (χ4v) is 4.46. The maximum atomic E-state index is 13.3. The first kappa shape index (κ1) is 19.4. The average Bonchev–Trinajstić information content (AvgIpc) is 3.43. The first-order valence-corrected chi connectivity index (χ1v) is 10.8. The zero-order valence-corrected chi connectivity index (χ0v) is 17.9. The maximum absolute atomic E-state index is 13.3. The summed E-state index contributed by atoms with van der Waals surface area (Å²) >= 11 is 0. The third-order valence-corrected chi connectivity index (χ3v) is 6.11. The molecule has 2 aromatic carbocycles. The predicted octanol–water partition coefficient (Wildman–Crippen LogP) is 5.15. The summed E-state index contributed by atoms with van der Waals surface area (Å²) < 4.78 is 1.88. The molecule has 0 unspecified atom stereocenters. The van der Waals surface area contributed by atoms with Crippen LogP contribution in [0.4, 0.5) is 0 Å². The number of carbonyl (C=O) groups excluding carboxylic acids is 1. The molecule has 1 amide bonds. The highest BCUT2D eigenvalue weighted by atomic mass is 16.2. The van der Waals surface area contributed by atoms with Crippen molar-refractivity contribution >= 4 is 22.4 Å². The summed E-state index contributed by atoms with van der Waals surface area (Å²) in [7, 11) is 0. The molecular formula is C26H26N4O. The van der Waals surface area contributed by atoms with E-state index in [0.717, 1.165) is 29.7 Å². The second-order valence-corrected chi connectivity index (χ2v) is 8.09. The van der Waals surface area contributed by atoms with Gasteiger partial charge in [-0.15, -0.1) is 0 Å². The number of nitrogens with zero attached hydrogens (tertiary/aromatic N) is 3. The van der Waals surface area contributed by atoms with Crippen molar-refractivity contribution in [3.05, 3.63) is 89.4 Å². The summed E-state index contributed by atoms with van der Waals surface area (Å²) in [5, 5.41) is 5.76. The molecule has 156 valence electrons. The van der Waals surface area contributed by atoms with E-state index in [0.29, 0.717) is 18.7 Å². The summed E-state index contributed by atoms with van der Waals surface area (Å²) in [4.78, 5) is 18.6. The van der Waals surface area contributed by atoms with E-state index in [1.165, 1.54) is 22.1 Å². The molecule has 5 nitrogen and oxygen atoms in total. The number of aromatic amines is 1. The van der Waals surface area contributed by atoms with Gasteiger partial charge in [-0.25, -0.2) is 4.68 Å². The molecule has 3 heterocycles. The van der Waals surface area contributed by atoms with Crippen molar-refractivity contribution in [1.29, 1.82) is 0 Å². The van der Waals surface area contributed by atoms with E-state index in [1.807, 2.05) is 39.9 Å². The first-order valence-electron chi connectivity index (χ1n) is 10.8. The van der Waals surface area contributed by atoms with Crippen molar-refractivity contribution in [2.75, 3.05) is 13.1 Å². The van der Waals surface area contributed by atoms with Crippen molar-refractivity contribution in [3.8, 4) is 5.69 Å². The minimum absolute atomic E-state index is 0.0592.